The van der Waals surface area contributed by atoms with Crippen LogP contribution in [0.15, 0.2) is 42.5 Å². The Hall–Kier alpha value is -0.770. The van der Waals surface area contributed by atoms with Crippen molar-refractivity contribution in [3.63, 3.8) is 0 Å². The van der Waals surface area contributed by atoms with Gasteiger partial charge in [-0.1, -0.05) is 65.1 Å². The molecule has 0 aliphatic carbocycles. The standard InChI is InChI=1S/C15H15Cl3N2/c16-13-6-2-1-4-10(13)8-12(20-19)9-11-5-3-7-14(17)15(11)18/h1-7,12,20H,8-9,19H2. The van der Waals surface area contributed by atoms with Gasteiger partial charge >= 0.3 is 0 Å². The number of benzene rings is 2. The van der Waals surface area contributed by atoms with E-state index in [1.54, 1.807) is 6.07 Å². The normalized spacial score (nSPS) is 12.4. The molecule has 20 heavy (non-hydrogen) atoms. The maximum absolute atomic E-state index is 6.20. The average Bonchev–Trinajstić information content (AvgIpc) is 2.45. The molecule has 1 atom stereocenters. The lowest BCUT2D eigenvalue weighted by molar-refractivity contribution is 0.522. The van der Waals surface area contributed by atoms with Crippen molar-refractivity contribution in [1.82, 2.24) is 5.43 Å². The second-order valence-corrected chi connectivity index (χ2v) is 5.77. The summed E-state index contributed by atoms with van der Waals surface area (Å²) < 4.78 is 0. The van der Waals surface area contributed by atoms with Crippen molar-refractivity contribution in [1.29, 1.82) is 0 Å². The van der Waals surface area contributed by atoms with Crippen molar-refractivity contribution >= 4 is 34.8 Å². The van der Waals surface area contributed by atoms with Crippen LogP contribution in [0.1, 0.15) is 11.1 Å². The van der Waals surface area contributed by atoms with Crippen LogP contribution in [-0.4, -0.2) is 6.04 Å². The third kappa shape index (κ3) is 3.87. The van der Waals surface area contributed by atoms with Gasteiger partial charge in [-0.15, -0.1) is 0 Å². The molecule has 0 heterocycles. The number of nitrogens with two attached hydrogens (primary N) is 1. The largest absolute Gasteiger partial charge is 0.271 e. The van der Waals surface area contributed by atoms with Gasteiger partial charge in [0.25, 0.3) is 0 Å². The Labute approximate surface area is 133 Å². The van der Waals surface area contributed by atoms with Crippen molar-refractivity contribution in [3.8, 4) is 0 Å². The van der Waals surface area contributed by atoms with E-state index in [2.05, 4.69) is 5.43 Å². The molecule has 2 nitrogen and oxygen atoms in total. The molecule has 2 aromatic rings. The average molecular weight is 330 g/mol. The van der Waals surface area contributed by atoms with Gasteiger partial charge in [0, 0.05) is 11.1 Å². The summed E-state index contributed by atoms with van der Waals surface area (Å²) in [5.74, 6) is 5.64. The maximum Gasteiger partial charge on any atom is 0.0624 e. The Balaban J connectivity index is 2.14. The van der Waals surface area contributed by atoms with Gasteiger partial charge in [-0.3, -0.25) is 11.3 Å². The lowest BCUT2D eigenvalue weighted by Crippen LogP contribution is -2.38. The second-order valence-electron chi connectivity index (χ2n) is 4.58. The number of nitrogens with one attached hydrogen (secondary N) is 1. The topological polar surface area (TPSA) is 38.0 Å². The van der Waals surface area contributed by atoms with Gasteiger partial charge in [0.15, 0.2) is 0 Å². The van der Waals surface area contributed by atoms with Gasteiger partial charge in [-0.25, -0.2) is 0 Å². The highest BCUT2D eigenvalue weighted by molar-refractivity contribution is 6.42. The molecule has 2 rings (SSSR count). The first-order chi connectivity index (χ1) is 9.61. The molecular formula is C15H15Cl3N2. The van der Waals surface area contributed by atoms with E-state index in [1.165, 1.54) is 0 Å². The predicted molar refractivity (Wildman–Crippen MR) is 86.4 cm³/mol. The van der Waals surface area contributed by atoms with Crippen LogP contribution in [0.25, 0.3) is 0 Å². The van der Waals surface area contributed by atoms with Crippen LogP contribution in [0.4, 0.5) is 0 Å². The van der Waals surface area contributed by atoms with Crippen molar-refractivity contribution in [3.05, 3.63) is 68.7 Å². The van der Waals surface area contributed by atoms with Crippen molar-refractivity contribution < 1.29 is 0 Å². The summed E-state index contributed by atoms with van der Waals surface area (Å²) in [6, 6.07) is 13.4. The van der Waals surface area contributed by atoms with Gasteiger partial charge in [-0.2, -0.15) is 0 Å². The molecule has 0 amide bonds. The first-order valence-corrected chi connectivity index (χ1v) is 7.37. The van der Waals surface area contributed by atoms with E-state index in [0.29, 0.717) is 16.5 Å². The van der Waals surface area contributed by atoms with Crippen LogP contribution in [0.5, 0.6) is 0 Å². The minimum atomic E-state index is 0.0332. The molecular weight excluding hydrogens is 315 g/mol. The fraction of sp³-hybridized carbons (Fsp3) is 0.200. The number of halogens is 3. The quantitative estimate of drug-likeness (QED) is 0.635. The minimum absolute atomic E-state index is 0.0332. The highest BCUT2D eigenvalue weighted by atomic mass is 35.5. The van der Waals surface area contributed by atoms with Crippen molar-refractivity contribution in [2.24, 2.45) is 5.84 Å². The summed E-state index contributed by atoms with van der Waals surface area (Å²) in [4.78, 5) is 0. The summed E-state index contributed by atoms with van der Waals surface area (Å²) in [5, 5.41) is 1.87. The van der Waals surface area contributed by atoms with Gasteiger partial charge in [0.05, 0.1) is 10.0 Å². The van der Waals surface area contributed by atoms with Crippen LogP contribution in [0.3, 0.4) is 0 Å². The lowest BCUT2D eigenvalue weighted by atomic mass is 9.99. The van der Waals surface area contributed by atoms with E-state index < -0.39 is 0 Å². The van der Waals surface area contributed by atoms with Gasteiger partial charge in [-0.05, 0) is 36.1 Å². The molecule has 0 saturated heterocycles. The Morgan fingerprint density at radius 1 is 0.850 bits per heavy atom. The molecule has 106 valence electrons. The summed E-state index contributed by atoms with van der Waals surface area (Å²) in [6.45, 7) is 0. The number of rotatable bonds is 5. The maximum atomic E-state index is 6.20. The smallest absolute Gasteiger partial charge is 0.0624 e. The van der Waals surface area contributed by atoms with E-state index in [-0.39, 0.29) is 6.04 Å². The Morgan fingerprint density at radius 3 is 2.15 bits per heavy atom. The molecule has 3 N–H and O–H groups in total. The highest BCUT2D eigenvalue weighted by Gasteiger charge is 2.13. The van der Waals surface area contributed by atoms with Crippen molar-refractivity contribution in [2.45, 2.75) is 18.9 Å². The van der Waals surface area contributed by atoms with E-state index >= 15 is 0 Å². The fourth-order valence-corrected chi connectivity index (χ4v) is 2.70. The molecule has 0 aliphatic rings. The molecule has 0 fully saturated rings. The Kier molecular flexibility index (Phi) is 5.70. The Morgan fingerprint density at radius 2 is 1.45 bits per heavy atom. The lowest BCUT2D eigenvalue weighted by Gasteiger charge is -2.18. The first kappa shape index (κ1) is 15.6. The Bertz CT molecular complexity index is 587. The third-order valence-electron chi connectivity index (χ3n) is 3.16. The summed E-state index contributed by atoms with van der Waals surface area (Å²) in [5.41, 5.74) is 4.83. The minimum Gasteiger partial charge on any atom is -0.271 e. The van der Waals surface area contributed by atoms with Crippen LogP contribution < -0.4 is 11.3 Å². The van der Waals surface area contributed by atoms with Crippen LogP contribution >= 0.6 is 34.8 Å². The molecule has 0 spiro atoms. The van der Waals surface area contributed by atoms with Crippen LogP contribution in [-0.2, 0) is 12.8 Å². The second kappa shape index (κ2) is 7.30. The van der Waals surface area contributed by atoms with E-state index in [4.69, 9.17) is 40.6 Å². The van der Waals surface area contributed by atoms with Gasteiger partial charge < -0.3 is 0 Å². The summed E-state index contributed by atoms with van der Waals surface area (Å²) in [7, 11) is 0. The van der Waals surface area contributed by atoms with E-state index in [0.717, 1.165) is 22.6 Å². The van der Waals surface area contributed by atoms with Gasteiger partial charge in [0.2, 0.25) is 0 Å². The zero-order valence-electron chi connectivity index (χ0n) is 10.7. The molecule has 0 bridgehead atoms. The fourth-order valence-electron chi connectivity index (χ4n) is 2.09. The number of hydrogen-bond acceptors (Lipinski definition) is 2. The van der Waals surface area contributed by atoms with Crippen LogP contribution in [0.2, 0.25) is 15.1 Å². The molecule has 0 radical (unpaired) electrons. The molecule has 0 aromatic heterocycles. The predicted octanol–water partition coefficient (Wildman–Crippen LogP) is 4.26. The summed E-state index contributed by atoms with van der Waals surface area (Å²) >= 11 is 18.4. The van der Waals surface area contributed by atoms with E-state index in [1.807, 2.05) is 36.4 Å². The van der Waals surface area contributed by atoms with Gasteiger partial charge in [0.1, 0.15) is 0 Å². The highest BCUT2D eigenvalue weighted by Crippen LogP contribution is 2.27. The monoisotopic (exact) mass is 328 g/mol. The molecule has 5 heteroatoms. The molecule has 2 aromatic carbocycles. The first-order valence-electron chi connectivity index (χ1n) is 6.24. The molecule has 1 unspecified atom stereocenters. The number of hydrogen-bond donors (Lipinski definition) is 2. The zero-order valence-corrected chi connectivity index (χ0v) is 13.0. The third-order valence-corrected chi connectivity index (χ3v) is 4.38. The molecule has 0 saturated carbocycles. The van der Waals surface area contributed by atoms with Crippen LogP contribution in [0, 0.1) is 0 Å². The SMILES string of the molecule is NNC(Cc1ccccc1Cl)Cc1cccc(Cl)c1Cl. The zero-order chi connectivity index (χ0) is 14.5. The van der Waals surface area contributed by atoms with E-state index in [9.17, 15) is 0 Å². The number of hydrazine groups is 1. The van der Waals surface area contributed by atoms with Crippen molar-refractivity contribution in [2.75, 3.05) is 0 Å². The summed E-state index contributed by atoms with van der Waals surface area (Å²) in [6.07, 6.45) is 1.40. The molecule has 0 aliphatic heterocycles.